The zero-order valence-corrected chi connectivity index (χ0v) is 22.3. The van der Waals surface area contributed by atoms with Crippen LogP contribution in [0.3, 0.4) is 0 Å². The summed E-state index contributed by atoms with van der Waals surface area (Å²) in [6, 6.07) is 9.17. The molecule has 3 atom stereocenters. The van der Waals surface area contributed by atoms with Crippen LogP contribution >= 0.6 is 0 Å². The molecule has 3 heterocycles. The van der Waals surface area contributed by atoms with Crippen LogP contribution in [0, 0.1) is 5.82 Å². The van der Waals surface area contributed by atoms with Crippen LogP contribution in [-0.2, 0) is 25.7 Å². The van der Waals surface area contributed by atoms with Gasteiger partial charge in [0, 0.05) is 31.5 Å². The van der Waals surface area contributed by atoms with Crippen molar-refractivity contribution in [3.63, 3.8) is 0 Å². The van der Waals surface area contributed by atoms with E-state index in [0.29, 0.717) is 6.61 Å². The Hall–Kier alpha value is -4.27. The number of carbonyl (C=O) groups is 3. The molecule has 0 amide bonds. The maximum absolute atomic E-state index is 13.8. The molecule has 1 saturated heterocycles. The fourth-order valence-electron chi connectivity index (χ4n) is 3.62. The number of morpholine rings is 1. The summed E-state index contributed by atoms with van der Waals surface area (Å²) in [4.78, 5) is 37.5. The predicted molar refractivity (Wildman–Crippen MR) is 127 cm³/mol. The van der Waals surface area contributed by atoms with Crippen molar-refractivity contribution in [3.05, 3.63) is 54.2 Å². The van der Waals surface area contributed by atoms with E-state index in [-0.39, 0.29) is 24.1 Å². The van der Waals surface area contributed by atoms with Crippen LogP contribution in [0.15, 0.2) is 42.7 Å². The van der Waals surface area contributed by atoms with E-state index in [4.69, 9.17) is 39.2 Å². The minimum atomic E-state index is -5.08. The topological polar surface area (TPSA) is 159 Å². The summed E-state index contributed by atoms with van der Waals surface area (Å²) in [7, 11) is 0. The second-order valence-electron chi connectivity index (χ2n) is 8.63. The van der Waals surface area contributed by atoms with E-state index in [1.54, 1.807) is 12.3 Å². The Bertz CT molecular complexity index is 1190. The van der Waals surface area contributed by atoms with E-state index >= 15 is 0 Å². The lowest BCUT2D eigenvalue weighted by atomic mass is 10.1. The summed E-state index contributed by atoms with van der Waals surface area (Å²) < 4.78 is 121. The lowest BCUT2D eigenvalue weighted by Gasteiger charge is -2.38. The van der Waals surface area contributed by atoms with E-state index in [9.17, 15) is 43.9 Å². The molecule has 1 aliphatic carbocycles. The smallest absolute Gasteiger partial charge is 0.475 e. The summed E-state index contributed by atoms with van der Waals surface area (Å²) in [5.41, 5.74) is 1.05. The number of carboxylic acids is 3. The quantitative estimate of drug-likeness (QED) is 0.398. The minimum absolute atomic E-state index is 0.0520. The molecule has 1 aliphatic heterocycles. The van der Waals surface area contributed by atoms with Gasteiger partial charge in [-0.1, -0.05) is 6.07 Å². The normalized spacial score (nSPS) is 19.6. The Morgan fingerprint density at radius 3 is 1.78 bits per heavy atom. The van der Waals surface area contributed by atoms with E-state index in [0.717, 1.165) is 31.6 Å². The summed E-state index contributed by atoms with van der Waals surface area (Å²) in [6.07, 6.45) is -10.3. The molecule has 11 nitrogen and oxygen atoms in total. The molecule has 0 spiro atoms. The highest BCUT2D eigenvalue weighted by Crippen LogP contribution is 2.33. The van der Waals surface area contributed by atoms with Gasteiger partial charge in [-0.3, -0.25) is 9.88 Å². The third-order valence-corrected chi connectivity index (χ3v) is 5.46. The first kappa shape index (κ1) is 38.8. The largest absolute Gasteiger partial charge is 0.490 e. The van der Waals surface area contributed by atoms with Crippen LogP contribution < -0.4 is 4.74 Å². The molecule has 0 bridgehead atoms. The molecule has 2 aromatic heterocycles. The molecule has 1 saturated carbocycles. The first-order valence-electron chi connectivity index (χ1n) is 12.1. The molecule has 0 unspecified atom stereocenters. The fourth-order valence-corrected chi connectivity index (χ4v) is 3.62. The molecular weight excluding hydrogens is 648 g/mol. The molecule has 0 aromatic carbocycles. The number of alkyl halides is 9. The highest BCUT2D eigenvalue weighted by atomic mass is 19.4. The van der Waals surface area contributed by atoms with Gasteiger partial charge in [0.05, 0.1) is 12.3 Å². The Morgan fingerprint density at radius 2 is 1.33 bits per heavy atom. The first-order chi connectivity index (χ1) is 20.6. The van der Waals surface area contributed by atoms with Crippen molar-refractivity contribution >= 4 is 17.9 Å². The third kappa shape index (κ3) is 13.9. The lowest BCUT2D eigenvalue weighted by molar-refractivity contribution is -0.193. The van der Waals surface area contributed by atoms with Crippen molar-refractivity contribution in [2.45, 2.75) is 56.2 Å². The van der Waals surface area contributed by atoms with Gasteiger partial charge >= 0.3 is 36.4 Å². The van der Waals surface area contributed by atoms with Crippen LogP contribution in [0.1, 0.15) is 18.5 Å². The Kier molecular flexibility index (Phi) is 14.4. The third-order valence-electron chi connectivity index (χ3n) is 5.46. The molecule has 21 heteroatoms. The zero-order valence-electron chi connectivity index (χ0n) is 22.3. The number of ether oxygens (including phenoxy) is 2. The number of hydrogen-bond donors (Lipinski definition) is 3. The molecule has 2 aliphatic rings. The van der Waals surface area contributed by atoms with Crippen LogP contribution in [0.5, 0.6) is 5.88 Å². The van der Waals surface area contributed by atoms with Crippen molar-refractivity contribution in [3.8, 4) is 5.88 Å². The standard InChI is InChI=1S/C18H20FN3O2.3C2HF3O2/c19-14-5-3-9-21-18(14)24-16-7-6-15-17(16)23-11-10-22(15)12-13-4-1-2-8-20-13;3*3-2(4,5)1(6)7/h1-5,8-9,15-17H,6-7,10-12H2;3*(H,6,7)/t15-,16-,17+;;;/m0.../s1. The Labute approximate surface area is 246 Å². The van der Waals surface area contributed by atoms with Crippen LogP contribution in [-0.4, -0.2) is 98.0 Å². The summed E-state index contributed by atoms with van der Waals surface area (Å²) in [5.74, 6) is -8.64. The van der Waals surface area contributed by atoms with Gasteiger partial charge in [0.1, 0.15) is 12.2 Å². The summed E-state index contributed by atoms with van der Waals surface area (Å²) in [5, 5.41) is 21.4. The van der Waals surface area contributed by atoms with E-state index in [1.165, 1.54) is 6.07 Å². The molecular formula is C24H23F10N3O8. The Balaban J connectivity index is 0.000000396. The van der Waals surface area contributed by atoms with Gasteiger partial charge in [0.25, 0.3) is 5.88 Å². The van der Waals surface area contributed by atoms with E-state index < -0.39 is 42.3 Å². The van der Waals surface area contributed by atoms with Gasteiger partial charge < -0.3 is 24.8 Å². The Morgan fingerprint density at radius 1 is 0.822 bits per heavy atom. The second-order valence-corrected chi connectivity index (χ2v) is 8.63. The lowest BCUT2D eigenvalue weighted by Crippen LogP contribution is -2.51. The monoisotopic (exact) mass is 671 g/mol. The van der Waals surface area contributed by atoms with Crippen molar-refractivity contribution in [2.24, 2.45) is 0 Å². The van der Waals surface area contributed by atoms with Crippen molar-refractivity contribution in [2.75, 3.05) is 13.2 Å². The minimum Gasteiger partial charge on any atom is -0.475 e. The van der Waals surface area contributed by atoms with Crippen molar-refractivity contribution in [1.29, 1.82) is 0 Å². The molecule has 3 N–H and O–H groups in total. The highest BCUT2D eigenvalue weighted by molar-refractivity contribution is 5.73. The molecule has 2 aromatic rings. The maximum Gasteiger partial charge on any atom is 0.490 e. The number of aliphatic carboxylic acids is 3. The predicted octanol–water partition coefficient (Wildman–Crippen LogP) is 4.33. The fraction of sp³-hybridized carbons (Fsp3) is 0.458. The number of rotatable bonds is 4. The summed E-state index contributed by atoms with van der Waals surface area (Å²) in [6.45, 7) is 2.33. The molecule has 252 valence electrons. The molecule has 45 heavy (non-hydrogen) atoms. The van der Waals surface area contributed by atoms with Gasteiger partial charge in [-0.05, 0) is 37.1 Å². The number of aromatic nitrogens is 2. The average Bonchev–Trinajstić information content (AvgIpc) is 3.34. The van der Waals surface area contributed by atoms with Gasteiger partial charge in [0.15, 0.2) is 5.82 Å². The van der Waals surface area contributed by atoms with Gasteiger partial charge in [-0.25, -0.2) is 23.8 Å². The average molecular weight is 671 g/mol. The van der Waals surface area contributed by atoms with Crippen molar-refractivity contribution < 1.29 is 83.1 Å². The number of carboxylic acid groups (broad SMARTS) is 3. The zero-order chi connectivity index (χ0) is 34.6. The van der Waals surface area contributed by atoms with Crippen LogP contribution in [0.2, 0.25) is 0 Å². The molecule has 4 rings (SSSR count). The maximum atomic E-state index is 13.8. The molecule has 2 fully saturated rings. The van der Waals surface area contributed by atoms with Gasteiger partial charge in [0.2, 0.25) is 0 Å². The number of nitrogens with zero attached hydrogens (tertiary/aromatic N) is 3. The number of hydrogen-bond acceptors (Lipinski definition) is 8. The second kappa shape index (κ2) is 16.7. The number of halogens is 10. The van der Waals surface area contributed by atoms with E-state index in [2.05, 4.69) is 14.9 Å². The van der Waals surface area contributed by atoms with Crippen LogP contribution in [0.25, 0.3) is 0 Å². The number of pyridine rings is 2. The van der Waals surface area contributed by atoms with Gasteiger partial charge in [-0.2, -0.15) is 39.5 Å². The first-order valence-corrected chi connectivity index (χ1v) is 12.1. The molecule has 0 radical (unpaired) electrons. The van der Waals surface area contributed by atoms with Gasteiger partial charge in [-0.15, -0.1) is 0 Å². The number of fused-ring (bicyclic) bond motifs is 1. The van der Waals surface area contributed by atoms with E-state index in [1.807, 2.05) is 24.4 Å². The van der Waals surface area contributed by atoms with Crippen molar-refractivity contribution in [1.82, 2.24) is 14.9 Å². The highest BCUT2D eigenvalue weighted by Gasteiger charge is 2.44. The van der Waals surface area contributed by atoms with Crippen LogP contribution in [0.4, 0.5) is 43.9 Å². The summed E-state index contributed by atoms with van der Waals surface area (Å²) >= 11 is 0. The SMILES string of the molecule is Fc1cccnc1O[C@H]1CC[C@H]2[C@H]1OCCN2Cc1ccccn1.O=C(O)C(F)(F)F.O=C(O)C(F)(F)F.O=C(O)C(F)(F)F.